The number of aliphatic hydroxyl groups excluding tert-OH is 2. The number of aromatic nitrogens is 1. The highest BCUT2D eigenvalue weighted by molar-refractivity contribution is 9.09. The maximum absolute atomic E-state index is 9.69. The lowest BCUT2D eigenvalue weighted by Crippen LogP contribution is -2.20. The third kappa shape index (κ3) is 2.67. The minimum atomic E-state index is -1.01. The zero-order valence-electron chi connectivity index (χ0n) is 7.61. The smallest absolute Gasteiger partial charge is 0.134 e. The first kappa shape index (κ1) is 11.9. The molecule has 2 N–H and O–H groups in total. The highest BCUT2D eigenvalue weighted by Gasteiger charge is 2.20. The summed E-state index contributed by atoms with van der Waals surface area (Å²) < 4.78 is 0. The highest BCUT2D eigenvalue weighted by atomic mass is 79.9. The number of halogens is 2. The van der Waals surface area contributed by atoms with Crippen LogP contribution in [0.4, 0.5) is 0 Å². The molecule has 0 aliphatic heterocycles. The standard InChI is InChI=1S/C9H11BrClNO2/c1-5-2-6(9(11)12-4-5)8(14)7(13)3-10/h2,4,7-8,13-14H,3H2,1H3. The van der Waals surface area contributed by atoms with E-state index in [9.17, 15) is 10.2 Å². The second kappa shape index (κ2) is 5.07. The molecule has 0 amide bonds. The van der Waals surface area contributed by atoms with E-state index in [1.54, 1.807) is 12.3 Å². The third-order valence-electron chi connectivity index (χ3n) is 1.84. The van der Waals surface area contributed by atoms with Crippen LogP contribution in [0.2, 0.25) is 5.15 Å². The molecule has 2 unspecified atom stereocenters. The minimum Gasteiger partial charge on any atom is -0.389 e. The molecule has 1 heterocycles. The molecule has 0 radical (unpaired) electrons. The van der Waals surface area contributed by atoms with Crippen LogP contribution in [0.25, 0.3) is 0 Å². The SMILES string of the molecule is Cc1cnc(Cl)c(C(O)C(O)CBr)c1. The summed E-state index contributed by atoms with van der Waals surface area (Å²) in [6.45, 7) is 1.85. The van der Waals surface area contributed by atoms with E-state index in [0.29, 0.717) is 10.9 Å². The molecule has 0 aliphatic rings. The van der Waals surface area contributed by atoms with Gasteiger partial charge in [-0.2, -0.15) is 0 Å². The van der Waals surface area contributed by atoms with Gasteiger partial charge in [0.25, 0.3) is 0 Å². The summed E-state index contributed by atoms with van der Waals surface area (Å²) in [5.41, 5.74) is 1.35. The van der Waals surface area contributed by atoms with Gasteiger partial charge in [0, 0.05) is 17.1 Å². The lowest BCUT2D eigenvalue weighted by atomic mass is 10.1. The van der Waals surface area contributed by atoms with Gasteiger partial charge in [0.2, 0.25) is 0 Å². The first-order chi connectivity index (χ1) is 6.56. The number of aryl methyl sites for hydroxylation is 1. The first-order valence-corrected chi connectivity index (χ1v) is 5.60. The molecule has 2 atom stereocenters. The van der Waals surface area contributed by atoms with E-state index in [0.717, 1.165) is 5.56 Å². The van der Waals surface area contributed by atoms with E-state index < -0.39 is 12.2 Å². The van der Waals surface area contributed by atoms with E-state index in [1.807, 2.05) is 6.92 Å². The fourth-order valence-electron chi connectivity index (χ4n) is 1.07. The summed E-state index contributed by atoms with van der Waals surface area (Å²) in [6, 6.07) is 1.71. The Labute approximate surface area is 95.9 Å². The van der Waals surface area contributed by atoms with Crippen molar-refractivity contribution < 1.29 is 10.2 Å². The van der Waals surface area contributed by atoms with Gasteiger partial charge in [-0.15, -0.1) is 0 Å². The molecule has 0 saturated heterocycles. The predicted molar refractivity (Wildman–Crippen MR) is 58.7 cm³/mol. The zero-order valence-corrected chi connectivity index (χ0v) is 9.96. The van der Waals surface area contributed by atoms with Gasteiger partial charge in [-0.25, -0.2) is 4.98 Å². The van der Waals surface area contributed by atoms with Crippen molar-refractivity contribution in [1.29, 1.82) is 0 Å². The van der Waals surface area contributed by atoms with Gasteiger partial charge in [0.05, 0.1) is 6.10 Å². The van der Waals surface area contributed by atoms with Gasteiger partial charge in [-0.3, -0.25) is 0 Å². The van der Waals surface area contributed by atoms with E-state index in [-0.39, 0.29) is 5.15 Å². The van der Waals surface area contributed by atoms with Crippen molar-refractivity contribution in [2.75, 3.05) is 5.33 Å². The summed E-state index contributed by atoms with van der Waals surface area (Å²) in [6.07, 6.45) is -0.274. The second-order valence-electron chi connectivity index (χ2n) is 3.06. The fraction of sp³-hybridized carbons (Fsp3) is 0.444. The molecule has 0 aliphatic carbocycles. The molecule has 5 heteroatoms. The van der Waals surface area contributed by atoms with Gasteiger partial charge in [0.15, 0.2) is 0 Å². The van der Waals surface area contributed by atoms with Gasteiger partial charge < -0.3 is 10.2 Å². The van der Waals surface area contributed by atoms with Crippen LogP contribution in [0, 0.1) is 6.92 Å². The fourth-order valence-corrected chi connectivity index (χ4v) is 1.64. The van der Waals surface area contributed by atoms with Crippen LogP contribution in [0.3, 0.4) is 0 Å². The van der Waals surface area contributed by atoms with Gasteiger partial charge in [0.1, 0.15) is 11.3 Å². The van der Waals surface area contributed by atoms with Crippen LogP contribution in [0.15, 0.2) is 12.3 Å². The highest BCUT2D eigenvalue weighted by Crippen LogP contribution is 2.24. The quantitative estimate of drug-likeness (QED) is 0.656. The Morgan fingerprint density at radius 2 is 2.21 bits per heavy atom. The molecule has 14 heavy (non-hydrogen) atoms. The lowest BCUT2D eigenvalue weighted by Gasteiger charge is -2.16. The minimum absolute atomic E-state index is 0.225. The molecule has 0 bridgehead atoms. The predicted octanol–water partition coefficient (Wildman–Crippen LogP) is 1.83. The van der Waals surface area contributed by atoms with Crippen LogP contribution < -0.4 is 0 Å². The number of pyridine rings is 1. The van der Waals surface area contributed by atoms with Crippen molar-refractivity contribution in [2.45, 2.75) is 19.1 Å². The van der Waals surface area contributed by atoms with Crippen LogP contribution in [0.5, 0.6) is 0 Å². The Bertz CT molecular complexity index is 322. The Morgan fingerprint density at radius 1 is 1.57 bits per heavy atom. The Kier molecular flexibility index (Phi) is 4.31. The number of aliphatic hydroxyl groups is 2. The molecule has 1 aromatic rings. The topological polar surface area (TPSA) is 53.4 Å². The van der Waals surface area contributed by atoms with Gasteiger partial charge in [-0.05, 0) is 18.6 Å². The van der Waals surface area contributed by atoms with Gasteiger partial charge >= 0.3 is 0 Å². The molecule has 0 fully saturated rings. The number of rotatable bonds is 3. The molecule has 0 spiro atoms. The second-order valence-corrected chi connectivity index (χ2v) is 4.06. The molecule has 1 aromatic heterocycles. The largest absolute Gasteiger partial charge is 0.389 e. The van der Waals surface area contributed by atoms with Crippen molar-refractivity contribution in [1.82, 2.24) is 4.98 Å². The number of hydrogen-bond donors (Lipinski definition) is 2. The molecular weight excluding hydrogens is 269 g/mol. The van der Waals surface area contributed by atoms with E-state index in [2.05, 4.69) is 20.9 Å². The Balaban J connectivity index is 2.99. The summed E-state index contributed by atoms with van der Waals surface area (Å²) in [4.78, 5) is 3.90. The summed E-state index contributed by atoms with van der Waals surface area (Å²) in [5, 5.41) is 19.6. The average Bonchev–Trinajstić information content (AvgIpc) is 2.19. The molecule has 0 saturated carbocycles. The van der Waals surface area contributed by atoms with Crippen LogP contribution in [0.1, 0.15) is 17.2 Å². The monoisotopic (exact) mass is 279 g/mol. The average molecular weight is 281 g/mol. The first-order valence-electron chi connectivity index (χ1n) is 4.10. The van der Waals surface area contributed by atoms with Crippen LogP contribution in [-0.2, 0) is 0 Å². The summed E-state index contributed by atoms with van der Waals surface area (Å²) >= 11 is 8.88. The zero-order chi connectivity index (χ0) is 10.7. The third-order valence-corrected chi connectivity index (χ3v) is 2.82. The summed E-state index contributed by atoms with van der Waals surface area (Å²) in [5.74, 6) is 0. The van der Waals surface area contributed by atoms with E-state index >= 15 is 0 Å². The number of hydrogen-bond acceptors (Lipinski definition) is 3. The Hall–Kier alpha value is -0.160. The summed E-state index contributed by atoms with van der Waals surface area (Å²) in [7, 11) is 0. The van der Waals surface area contributed by atoms with Crippen molar-refractivity contribution in [3.05, 3.63) is 28.5 Å². The molecule has 3 nitrogen and oxygen atoms in total. The Morgan fingerprint density at radius 3 is 2.79 bits per heavy atom. The molecule has 78 valence electrons. The number of alkyl halides is 1. The van der Waals surface area contributed by atoms with Crippen LogP contribution in [-0.4, -0.2) is 26.6 Å². The van der Waals surface area contributed by atoms with Gasteiger partial charge in [-0.1, -0.05) is 27.5 Å². The molecule has 1 rings (SSSR count). The maximum atomic E-state index is 9.69. The maximum Gasteiger partial charge on any atom is 0.134 e. The van der Waals surface area contributed by atoms with E-state index in [4.69, 9.17) is 11.6 Å². The lowest BCUT2D eigenvalue weighted by molar-refractivity contribution is 0.0341. The van der Waals surface area contributed by atoms with Crippen molar-refractivity contribution in [2.24, 2.45) is 0 Å². The van der Waals surface area contributed by atoms with Crippen molar-refractivity contribution in [3.8, 4) is 0 Å². The van der Waals surface area contributed by atoms with E-state index in [1.165, 1.54) is 0 Å². The molecule has 0 aromatic carbocycles. The molecular formula is C9H11BrClNO2. The number of nitrogens with zero attached hydrogens (tertiary/aromatic N) is 1. The van der Waals surface area contributed by atoms with Crippen LogP contribution >= 0.6 is 27.5 Å². The normalized spacial score (nSPS) is 15.2. The van der Waals surface area contributed by atoms with Crippen molar-refractivity contribution in [3.63, 3.8) is 0 Å². The van der Waals surface area contributed by atoms with Crippen molar-refractivity contribution >= 4 is 27.5 Å².